The molecule has 2 heteroatoms. The Hall–Kier alpha value is -0.0800. The van der Waals surface area contributed by atoms with E-state index in [1.807, 2.05) is 0 Å². The van der Waals surface area contributed by atoms with Crippen LogP contribution >= 0.6 is 0 Å². The highest BCUT2D eigenvalue weighted by molar-refractivity contribution is 5.07. The Morgan fingerprint density at radius 1 is 1.28 bits per heavy atom. The van der Waals surface area contributed by atoms with Crippen molar-refractivity contribution in [3.05, 3.63) is 0 Å². The molecule has 0 radical (unpaired) electrons. The third-order valence-electron chi connectivity index (χ3n) is 5.86. The lowest BCUT2D eigenvalue weighted by molar-refractivity contribution is -0.114. The molecule has 0 aromatic rings. The highest BCUT2D eigenvalue weighted by Crippen LogP contribution is 2.65. The lowest BCUT2D eigenvalue weighted by atomic mass is 9.64. The van der Waals surface area contributed by atoms with Crippen molar-refractivity contribution in [1.82, 2.24) is 0 Å². The average molecular weight is 254 g/mol. The fourth-order valence-electron chi connectivity index (χ4n) is 4.27. The summed E-state index contributed by atoms with van der Waals surface area (Å²) in [6.45, 7) is 12.9. The number of hydrogen-bond donors (Lipinski definition) is 0. The van der Waals surface area contributed by atoms with Crippen LogP contribution in [0.25, 0.3) is 0 Å². The topological polar surface area (TPSA) is 18.5 Å². The fraction of sp³-hybridized carbons (Fsp3) is 1.00. The van der Waals surface area contributed by atoms with Crippen molar-refractivity contribution in [1.29, 1.82) is 0 Å². The smallest absolute Gasteiger partial charge is 0.147 e. The molecular weight excluding hydrogens is 224 g/mol. The fourth-order valence-corrected chi connectivity index (χ4v) is 4.27. The summed E-state index contributed by atoms with van der Waals surface area (Å²) in [6.07, 6.45) is 5.58. The minimum Gasteiger partial charge on any atom is -0.355 e. The van der Waals surface area contributed by atoms with Gasteiger partial charge < -0.3 is 9.47 Å². The van der Waals surface area contributed by atoms with Gasteiger partial charge in [-0.1, -0.05) is 27.7 Å². The maximum atomic E-state index is 5.82. The van der Waals surface area contributed by atoms with Crippen molar-refractivity contribution in [3.8, 4) is 0 Å². The molecule has 0 amide bonds. The first-order valence-corrected chi connectivity index (χ1v) is 7.59. The van der Waals surface area contributed by atoms with Gasteiger partial charge in [0.2, 0.25) is 0 Å². The Kier molecular flexibility index (Phi) is 4.08. The zero-order valence-electron chi connectivity index (χ0n) is 12.8. The highest BCUT2D eigenvalue weighted by Gasteiger charge is 2.58. The van der Waals surface area contributed by atoms with E-state index in [9.17, 15) is 0 Å². The predicted molar refractivity (Wildman–Crippen MR) is 74.4 cm³/mol. The zero-order chi connectivity index (χ0) is 13.4. The Morgan fingerprint density at radius 3 is 2.56 bits per heavy atom. The monoisotopic (exact) mass is 254 g/mol. The van der Waals surface area contributed by atoms with E-state index in [1.54, 1.807) is 0 Å². The van der Waals surface area contributed by atoms with Gasteiger partial charge in [-0.15, -0.1) is 0 Å². The van der Waals surface area contributed by atoms with Crippen LogP contribution in [0.2, 0.25) is 0 Å². The lowest BCUT2D eigenvalue weighted by Crippen LogP contribution is -2.38. The van der Waals surface area contributed by atoms with Crippen molar-refractivity contribution in [3.63, 3.8) is 0 Å². The minimum atomic E-state index is 0.314. The molecule has 2 rings (SSSR count). The van der Waals surface area contributed by atoms with E-state index in [1.165, 1.54) is 19.3 Å². The van der Waals surface area contributed by atoms with E-state index in [2.05, 4.69) is 34.6 Å². The standard InChI is InChI=1S/C16H30O2/c1-6-12(2)18-11-17-10-14-15(3,4)13-7-8-16(14,5)9-13/h12-14H,6-11H2,1-5H3. The van der Waals surface area contributed by atoms with Gasteiger partial charge in [-0.05, 0) is 55.3 Å². The first-order chi connectivity index (χ1) is 8.40. The molecule has 18 heavy (non-hydrogen) atoms. The molecule has 4 unspecified atom stereocenters. The van der Waals surface area contributed by atoms with E-state index in [0.29, 0.717) is 29.6 Å². The van der Waals surface area contributed by atoms with Gasteiger partial charge in [0.1, 0.15) is 6.79 Å². The first kappa shape index (κ1) is 14.3. The molecular formula is C16H30O2. The second-order valence-corrected chi connectivity index (χ2v) is 7.34. The molecule has 4 atom stereocenters. The Labute approximate surface area is 112 Å². The van der Waals surface area contributed by atoms with Crippen LogP contribution in [-0.2, 0) is 9.47 Å². The molecule has 2 bridgehead atoms. The van der Waals surface area contributed by atoms with Crippen LogP contribution < -0.4 is 0 Å². The van der Waals surface area contributed by atoms with Gasteiger partial charge in [0.15, 0.2) is 0 Å². The van der Waals surface area contributed by atoms with Gasteiger partial charge in [-0.2, -0.15) is 0 Å². The largest absolute Gasteiger partial charge is 0.355 e. The third kappa shape index (κ3) is 2.46. The maximum Gasteiger partial charge on any atom is 0.147 e. The first-order valence-electron chi connectivity index (χ1n) is 7.59. The van der Waals surface area contributed by atoms with Crippen LogP contribution in [0.5, 0.6) is 0 Å². The van der Waals surface area contributed by atoms with Gasteiger partial charge in [-0.3, -0.25) is 0 Å². The molecule has 2 aliphatic carbocycles. The molecule has 0 aliphatic heterocycles. The Bertz CT molecular complexity index is 282. The van der Waals surface area contributed by atoms with Gasteiger partial charge in [0, 0.05) is 0 Å². The summed E-state index contributed by atoms with van der Waals surface area (Å²) in [4.78, 5) is 0. The van der Waals surface area contributed by atoms with Crippen LogP contribution in [0.1, 0.15) is 60.3 Å². The molecule has 0 aromatic heterocycles. The van der Waals surface area contributed by atoms with E-state index in [4.69, 9.17) is 9.47 Å². The van der Waals surface area contributed by atoms with Gasteiger partial charge in [-0.25, -0.2) is 0 Å². The SMILES string of the molecule is CCC(C)OCOCC1C2(C)CCC(C2)C1(C)C. The van der Waals surface area contributed by atoms with Crippen molar-refractivity contribution < 1.29 is 9.47 Å². The van der Waals surface area contributed by atoms with Gasteiger partial charge in [0.05, 0.1) is 12.7 Å². The Balaban J connectivity index is 1.82. The molecule has 2 fully saturated rings. The zero-order valence-corrected chi connectivity index (χ0v) is 12.8. The summed E-state index contributed by atoms with van der Waals surface area (Å²) in [5.74, 6) is 1.61. The van der Waals surface area contributed by atoms with E-state index < -0.39 is 0 Å². The number of fused-ring (bicyclic) bond motifs is 2. The molecule has 2 nitrogen and oxygen atoms in total. The summed E-state index contributed by atoms with van der Waals surface area (Å²) in [7, 11) is 0. The van der Waals surface area contributed by atoms with Crippen molar-refractivity contribution in [2.24, 2.45) is 22.7 Å². The number of hydrogen-bond acceptors (Lipinski definition) is 2. The number of ether oxygens (including phenoxy) is 2. The van der Waals surface area contributed by atoms with Crippen LogP contribution in [0.15, 0.2) is 0 Å². The molecule has 0 saturated heterocycles. The second-order valence-electron chi connectivity index (χ2n) is 7.34. The van der Waals surface area contributed by atoms with Crippen molar-refractivity contribution in [2.45, 2.75) is 66.4 Å². The second kappa shape index (κ2) is 5.13. The molecule has 106 valence electrons. The molecule has 0 heterocycles. The van der Waals surface area contributed by atoms with Crippen molar-refractivity contribution >= 4 is 0 Å². The molecule has 2 aliphatic rings. The van der Waals surface area contributed by atoms with Gasteiger partial charge >= 0.3 is 0 Å². The average Bonchev–Trinajstić information content (AvgIpc) is 2.78. The van der Waals surface area contributed by atoms with Crippen LogP contribution in [-0.4, -0.2) is 19.5 Å². The van der Waals surface area contributed by atoms with Gasteiger partial charge in [0.25, 0.3) is 0 Å². The highest BCUT2D eigenvalue weighted by atomic mass is 16.7. The maximum absolute atomic E-state index is 5.82. The van der Waals surface area contributed by atoms with Crippen LogP contribution in [0, 0.1) is 22.7 Å². The quantitative estimate of drug-likeness (QED) is 0.521. The minimum absolute atomic E-state index is 0.314. The van der Waals surface area contributed by atoms with Crippen molar-refractivity contribution in [2.75, 3.05) is 13.4 Å². The summed E-state index contributed by atoms with van der Waals surface area (Å²) in [6, 6.07) is 0. The molecule has 2 saturated carbocycles. The van der Waals surface area contributed by atoms with E-state index in [0.717, 1.165) is 18.9 Å². The molecule has 0 N–H and O–H groups in total. The molecule has 0 aromatic carbocycles. The number of rotatable bonds is 6. The third-order valence-corrected chi connectivity index (χ3v) is 5.86. The van der Waals surface area contributed by atoms with Crippen LogP contribution in [0.3, 0.4) is 0 Å². The van der Waals surface area contributed by atoms with Crippen LogP contribution in [0.4, 0.5) is 0 Å². The summed E-state index contributed by atoms with van der Waals surface area (Å²) in [5, 5.41) is 0. The summed E-state index contributed by atoms with van der Waals surface area (Å²) >= 11 is 0. The molecule has 0 spiro atoms. The lowest BCUT2D eigenvalue weighted by Gasteiger charge is -2.42. The summed E-state index contributed by atoms with van der Waals surface area (Å²) in [5.41, 5.74) is 0.966. The van der Waals surface area contributed by atoms with E-state index >= 15 is 0 Å². The summed E-state index contributed by atoms with van der Waals surface area (Å²) < 4.78 is 11.4. The normalized spacial score (nSPS) is 39.2. The van der Waals surface area contributed by atoms with E-state index in [-0.39, 0.29) is 0 Å². The predicted octanol–water partition coefficient (Wildman–Crippen LogP) is 4.24. The Morgan fingerprint density at radius 2 is 2.00 bits per heavy atom.